The van der Waals surface area contributed by atoms with Crippen LogP contribution >= 0.6 is 0 Å². The molecule has 33 heavy (non-hydrogen) atoms. The Hall–Kier alpha value is -3.18. The summed E-state index contributed by atoms with van der Waals surface area (Å²) in [5.41, 5.74) is 1.91. The molecular weight excluding hydrogens is 428 g/mol. The molecule has 1 unspecified atom stereocenters. The van der Waals surface area contributed by atoms with Gasteiger partial charge in [0.05, 0.1) is 5.41 Å². The summed E-state index contributed by atoms with van der Waals surface area (Å²) in [7, 11) is 3.25. The van der Waals surface area contributed by atoms with E-state index in [2.05, 4.69) is 17.6 Å². The molecule has 1 fully saturated rings. The van der Waals surface area contributed by atoms with Gasteiger partial charge in [0.15, 0.2) is 5.76 Å². The summed E-state index contributed by atoms with van der Waals surface area (Å²) in [6.07, 6.45) is 12.1. The lowest BCUT2D eigenvalue weighted by atomic mass is 9.56. The van der Waals surface area contributed by atoms with Crippen molar-refractivity contribution < 1.29 is 38.2 Å². The van der Waals surface area contributed by atoms with Gasteiger partial charge in [0.1, 0.15) is 24.2 Å². The Bertz CT molecular complexity index is 1020. The SMILES string of the molecule is C#C.CC(=O)O.COC.C[C@]12COC(=O)c3coc(c31)C(=O)C1=C2CC[C@]2(C)C(=O)CCC12. The van der Waals surface area contributed by atoms with Gasteiger partial charge in [0.25, 0.3) is 5.97 Å². The smallest absolute Gasteiger partial charge is 0.341 e. The van der Waals surface area contributed by atoms with Crippen molar-refractivity contribution in [2.75, 3.05) is 20.8 Å². The summed E-state index contributed by atoms with van der Waals surface area (Å²) in [5.74, 6) is -0.906. The second-order valence-electron chi connectivity index (χ2n) is 8.84. The Morgan fingerprint density at radius 3 is 2.33 bits per heavy atom. The Morgan fingerprint density at radius 1 is 1.18 bits per heavy atom. The van der Waals surface area contributed by atoms with Crippen LogP contribution in [0.5, 0.6) is 0 Å². The molecule has 3 aliphatic carbocycles. The van der Waals surface area contributed by atoms with Gasteiger partial charge in [-0.1, -0.05) is 6.92 Å². The van der Waals surface area contributed by atoms with E-state index in [0.717, 1.165) is 30.9 Å². The van der Waals surface area contributed by atoms with E-state index in [0.29, 0.717) is 24.0 Å². The number of carboxylic acids is 1. The predicted molar refractivity (Wildman–Crippen MR) is 119 cm³/mol. The molecule has 1 aromatic rings. The fourth-order valence-corrected chi connectivity index (χ4v) is 5.39. The van der Waals surface area contributed by atoms with E-state index in [4.69, 9.17) is 19.1 Å². The Kier molecular flexibility index (Phi) is 7.71. The highest BCUT2D eigenvalue weighted by Gasteiger charge is 2.58. The number of hydrogen-bond donors (Lipinski definition) is 1. The number of furan rings is 1. The summed E-state index contributed by atoms with van der Waals surface area (Å²) in [6.45, 7) is 5.34. The number of ketones is 2. The number of fused-ring (bicyclic) bond motifs is 3. The Labute approximate surface area is 193 Å². The fraction of sp³-hybridized carbons (Fsp3) is 0.520. The molecule has 1 aromatic heterocycles. The fourth-order valence-electron chi connectivity index (χ4n) is 5.39. The number of esters is 1. The number of hydrogen-bond acceptors (Lipinski definition) is 7. The van der Waals surface area contributed by atoms with Crippen molar-refractivity contribution in [3.63, 3.8) is 0 Å². The van der Waals surface area contributed by atoms with Gasteiger partial charge < -0.3 is 19.0 Å². The zero-order valence-corrected chi connectivity index (χ0v) is 19.6. The van der Waals surface area contributed by atoms with Crippen LogP contribution in [0.2, 0.25) is 0 Å². The van der Waals surface area contributed by atoms with Gasteiger partial charge in [-0.25, -0.2) is 4.79 Å². The summed E-state index contributed by atoms with van der Waals surface area (Å²) in [6, 6.07) is 0. The number of methoxy groups -OCH3 is 1. The van der Waals surface area contributed by atoms with E-state index in [1.807, 2.05) is 13.8 Å². The standard InChI is InChI=1S/C19H18O5.C2H4O2.C2H6O.C2H2/c1-18-6-5-11-13(10(18)3-4-12(18)20)15(21)16-14-9(7-23-16)17(22)24-8-19(11,14)2;1-2(3)4;1-3-2;1-2/h7,10H,3-6,8H2,1-2H3;1H3,(H,3,4);1-2H3;1-2H/t10?,18-,19+;;;/m0.../s1. The highest BCUT2D eigenvalue weighted by atomic mass is 16.5. The van der Waals surface area contributed by atoms with Crippen LogP contribution in [0.15, 0.2) is 21.8 Å². The number of ether oxygens (including phenoxy) is 2. The molecule has 1 saturated carbocycles. The maximum absolute atomic E-state index is 13.2. The molecule has 4 aliphatic rings. The highest BCUT2D eigenvalue weighted by Crippen LogP contribution is 2.59. The van der Waals surface area contributed by atoms with E-state index in [1.165, 1.54) is 6.26 Å². The van der Waals surface area contributed by atoms with E-state index < -0.39 is 22.8 Å². The molecule has 0 radical (unpaired) electrons. The Balaban J connectivity index is 0.000000376. The first kappa shape index (κ1) is 26.1. The van der Waals surface area contributed by atoms with Crippen LogP contribution in [-0.2, 0) is 24.5 Å². The second kappa shape index (κ2) is 9.75. The van der Waals surface area contributed by atoms with Crippen LogP contribution in [-0.4, -0.2) is 49.4 Å². The number of Topliss-reactive ketones (excluding diaryl/α,β-unsaturated/α-hetero) is 2. The molecule has 1 N–H and O–H groups in total. The van der Waals surface area contributed by atoms with Crippen LogP contribution in [0.3, 0.4) is 0 Å². The molecule has 1 aliphatic heterocycles. The van der Waals surface area contributed by atoms with E-state index in [1.54, 1.807) is 14.2 Å². The lowest BCUT2D eigenvalue weighted by Crippen LogP contribution is -2.47. The molecular formula is C25H30O8. The van der Waals surface area contributed by atoms with Crippen LogP contribution < -0.4 is 0 Å². The third-order valence-corrected chi connectivity index (χ3v) is 6.81. The molecule has 0 aromatic carbocycles. The van der Waals surface area contributed by atoms with Gasteiger partial charge in [-0.3, -0.25) is 14.4 Å². The van der Waals surface area contributed by atoms with Crippen molar-refractivity contribution in [2.45, 2.75) is 51.9 Å². The molecule has 0 spiro atoms. The van der Waals surface area contributed by atoms with Gasteiger partial charge in [0.2, 0.25) is 5.78 Å². The maximum Gasteiger partial charge on any atom is 0.341 e. The van der Waals surface area contributed by atoms with Gasteiger partial charge in [0, 0.05) is 50.0 Å². The van der Waals surface area contributed by atoms with Crippen LogP contribution in [0, 0.1) is 24.2 Å². The minimum absolute atomic E-state index is 0.0441. The van der Waals surface area contributed by atoms with E-state index in [-0.39, 0.29) is 29.9 Å². The third kappa shape index (κ3) is 4.13. The van der Waals surface area contributed by atoms with Gasteiger partial charge >= 0.3 is 5.97 Å². The van der Waals surface area contributed by atoms with Crippen molar-refractivity contribution in [3.8, 4) is 12.8 Å². The molecule has 3 atom stereocenters. The normalized spacial score (nSPS) is 28.3. The van der Waals surface area contributed by atoms with Gasteiger partial charge in [-0.2, -0.15) is 0 Å². The number of rotatable bonds is 0. The quantitative estimate of drug-likeness (QED) is 0.463. The molecule has 8 heteroatoms. The van der Waals surface area contributed by atoms with Crippen molar-refractivity contribution >= 4 is 23.5 Å². The minimum Gasteiger partial charge on any atom is -0.481 e. The van der Waals surface area contributed by atoms with Crippen molar-refractivity contribution in [3.05, 3.63) is 34.3 Å². The third-order valence-electron chi connectivity index (χ3n) is 6.81. The van der Waals surface area contributed by atoms with Gasteiger partial charge in [-0.15, -0.1) is 12.8 Å². The minimum atomic E-state index is -0.833. The highest BCUT2D eigenvalue weighted by molar-refractivity contribution is 6.14. The van der Waals surface area contributed by atoms with Crippen LogP contribution in [0.4, 0.5) is 0 Å². The van der Waals surface area contributed by atoms with Crippen molar-refractivity contribution in [1.29, 1.82) is 0 Å². The first-order chi connectivity index (χ1) is 15.5. The molecule has 8 nitrogen and oxygen atoms in total. The monoisotopic (exact) mass is 458 g/mol. The number of carbonyl (C=O) groups excluding carboxylic acids is 3. The average molecular weight is 459 g/mol. The molecule has 0 bridgehead atoms. The molecule has 0 saturated heterocycles. The van der Waals surface area contributed by atoms with Crippen molar-refractivity contribution in [1.82, 2.24) is 0 Å². The lowest BCUT2D eigenvalue weighted by Gasteiger charge is -2.46. The summed E-state index contributed by atoms with van der Waals surface area (Å²) in [5, 5.41) is 7.42. The van der Waals surface area contributed by atoms with E-state index >= 15 is 0 Å². The largest absolute Gasteiger partial charge is 0.481 e. The number of cyclic esters (lactones) is 1. The van der Waals surface area contributed by atoms with Crippen LogP contribution in [0.1, 0.15) is 72.9 Å². The topological polar surface area (TPSA) is 120 Å². The second-order valence-corrected chi connectivity index (χ2v) is 8.84. The summed E-state index contributed by atoms with van der Waals surface area (Å²) >= 11 is 0. The van der Waals surface area contributed by atoms with E-state index in [9.17, 15) is 14.4 Å². The summed E-state index contributed by atoms with van der Waals surface area (Å²) < 4.78 is 15.2. The number of carboxylic acid groups (broad SMARTS) is 1. The van der Waals surface area contributed by atoms with Crippen molar-refractivity contribution in [2.24, 2.45) is 11.3 Å². The van der Waals surface area contributed by atoms with Gasteiger partial charge in [-0.05, 0) is 31.8 Å². The number of aliphatic carboxylic acids is 1. The summed E-state index contributed by atoms with van der Waals surface area (Å²) in [4.78, 5) is 46.6. The average Bonchev–Trinajstić information content (AvgIpc) is 3.34. The zero-order chi connectivity index (χ0) is 25.1. The predicted octanol–water partition coefficient (Wildman–Crippen LogP) is 3.58. The number of terminal acetylenes is 1. The Morgan fingerprint density at radius 2 is 1.76 bits per heavy atom. The molecule has 2 heterocycles. The first-order valence-corrected chi connectivity index (χ1v) is 10.6. The van der Waals surface area contributed by atoms with Crippen LogP contribution in [0.25, 0.3) is 0 Å². The maximum atomic E-state index is 13.2. The molecule has 178 valence electrons. The lowest BCUT2D eigenvalue weighted by molar-refractivity contribution is -0.134. The first-order valence-electron chi connectivity index (χ1n) is 10.6. The number of allylic oxidation sites excluding steroid dienone is 1. The number of carbonyl (C=O) groups is 4. The zero-order valence-electron chi connectivity index (χ0n) is 19.6. The molecule has 5 rings (SSSR count). The molecule has 0 amide bonds.